The van der Waals surface area contributed by atoms with Gasteiger partial charge in [-0.3, -0.25) is 4.55 Å². The fourth-order valence-electron chi connectivity index (χ4n) is 4.32. The average molecular weight is 546 g/mol. The van der Waals surface area contributed by atoms with E-state index >= 15 is 0 Å². The third kappa shape index (κ3) is 4.16. The molecule has 6 rings (SSSR count). The molecular formula is C27H19N3O6S2. The van der Waals surface area contributed by atoms with Gasteiger partial charge in [0.2, 0.25) is 0 Å². The first-order chi connectivity index (χ1) is 18.1. The fraction of sp³-hybridized carbons (Fsp3) is 0.0370. The Morgan fingerprint density at radius 3 is 2.16 bits per heavy atom. The Labute approximate surface area is 217 Å². The molecule has 0 amide bonds. The Morgan fingerprint density at radius 2 is 1.39 bits per heavy atom. The number of hydrogen-bond acceptors (Lipinski definition) is 7. The highest BCUT2D eigenvalue weighted by molar-refractivity contribution is 7.87. The van der Waals surface area contributed by atoms with Crippen molar-refractivity contribution in [3.05, 3.63) is 96.6 Å². The van der Waals surface area contributed by atoms with Gasteiger partial charge in [-0.15, -0.1) is 15.0 Å². The summed E-state index contributed by atoms with van der Waals surface area (Å²) >= 11 is 0. The number of nitrogens with zero attached hydrogens (tertiary/aromatic N) is 3. The van der Waals surface area contributed by atoms with Crippen LogP contribution in [0.25, 0.3) is 38.3 Å². The van der Waals surface area contributed by atoms with Crippen LogP contribution in [0.5, 0.6) is 5.75 Å². The summed E-state index contributed by atoms with van der Waals surface area (Å²) < 4.78 is 65.0. The lowest BCUT2D eigenvalue weighted by Crippen LogP contribution is -2.12. The molecule has 1 aromatic heterocycles. The molecule has 0 aliphatic rings. The summed E-state index contributed by atoms with van der Waals surface area (Å²) in [6.07, 6.45) is 0. The highest BCUT2D eigenvalue weighted by Gasteiger charge is 2.23. The van der Waals surface area contributed by atoms with E-state index in [1.54, 1.807) is 54.6 Å². The molecular weight excluding hydrogens is 526 g/mol. The normalized spacial score (nSPS) is 12.4. The van der Waals surface area contributed by atoms with E-state index in [0.717, 1.165) is 10.9 Å². The van der Waals surface area contributed by atoms with Crippen LogP contribution in [-0.2, 0) is 20.2 Å². The van der Waals surface area contributed by atoms with Crippen molar-refractivity contribution in [2.24, 2.45) is 0 Å². The second-order valence-electron chi connectivity index (χ2n) is 8.76. The largest absolute Gasteiger partial charge is 0.377 e. The topological polar surface area (TPSA) is 128 Å². The van der Waals surface area contributed by atoms with Crippen LogP contribution in [0, 0.1) is 6.92 Å². The third-order valence-electron chi connectivity index (χ3n) is 6.21. The predicted octanol–water partition coefficient (Wildman–Crippen LogP) is 5.05. The molecule has 1 N–H and O–H groups in total. The maximum atomic E-state index is 13.2. The van der Waals surface area contributed by atoms with Crippen molar-refractivity contribution in [1.82, 2.24) is 15.0 Å². The Bertz CT molecular complexity index is 2100. The Morgan fingerprint density at radius 1 is 0.737 bits per heavy atom. The van der Waals surface area contributed by atoms with E-state index in [9.17, 15) is 21.4 Å². The summed E-state index contributed by atoms with van der Waals surface area (Å²) in [6.45, 7) is 1.86. The fourth-order valence-corrected chi connectivity index (χ4v) is 5.76. The van der Waals surface area contributed by atoms with Crippen molar-refractivity contribution in [2.75, 3.05) is 0 Å². The van der Waals surface area contributed by atoms with Gasteiger partial charge in [0.25, 0.3) is 10.1 Å². The number of rotatable bonds is 5. The summed E-state index contributed by atoms with van der Waals surface area (Å²) in [7, 11) is -8.61. The zero-order valence-electron chi connectivity index (χ0n) is 19.8. The predicted molar refractivity (Wildman–Crippen MR) is 143 cm³/mol. The van der Waals surface area contributed by atoms with E-state index in [4.69, 9.17) is 4.18 Å². The van der Waals surface area contributed by atoms with Gasteiger partial charge < -0.3 is 4.18 Å². The second kappa shape index (κ2) is 8.62. The van der Waals surface area contributed by atoms with Gasteiger partial charge in [-0.25, -0.2) is 0 Å². The van der Waals surface area contributed by atoms with Crippen LogP contribution in [0.15, 0.2) is 101 Å². The molecule has 0 bridgehead atoms. The lowest BCUT2D eigenvalue weighted by atomic mass is 10.1. The van der Waals surface area contributed by atoms with Crippen LogP contribution >= 0.6 is 0 Å². The van der Waals surface area contributed by atoms with Gasteiger partial charge in [-0.1, -0.05) is 60.2 Å². The lowest BCUT2D eigenvalue weighted by Gasteiger charge is -2.13. The summed E-state index contributed by atoms with van der Waals surface area (Å²) in [5, 5.41) is 11.8. The average Bonchev–Trinajstić information content (AvgIpc) is 3.32. The highest BCUT2D eigenvalue weighted by atomic mass is 32.2. The standard InChI is InChI=1S/C27H19N3O6S2/c1-17-6-11-20(12-7-17)38(34,35)36-25-15-10-18-4-2-3-5-22(18)27(25)30-28-24-14-9-19-8-13-21(37(31,32)33)16-23(19)26(24)29-30/h2-16H,1H3,(H,31,32,33). The van der Waals surface area contributed by atoms with E-state index in [2.05, 4.69) is 10.2 Å². The van der Waals surface area contributed by atoms with Gasteiger partial charge in [0.15, 0.2) is 5.75 Å². The van der Waals surface area contributed by atoms with Crippen LogP contribution in [-0.4, -0.2) is 36.4 Å². The highest BCUT2D eigenvalue weighted by Crippen LogP contribution is 2.34. The molecule has 190 valence electrons. The van der Waals surface area contributed by atoms with Crippen molar-refractivity contribution >= 4 is 52.8 Å². The van der Waals surface area contributed by atoms with E-state index in [-0.39, 0.29) is 15.5 Å². The van der Waals surface area contributed by atoms with Crippen molar-refractivity contribution in [3.8, 4) is 11.4 Å². The Hall–Kier alpha value is -4.32. The van der Waals surface area contributed by atoms with Crippen LogP contribution in [0.2, 0.25) is 0 Å². The summed E-state index contributed by atoms with van der Waals surface area (Å²) in [4.78, 5) is 1.02. The first kappa shape index (κ1) is 24.0. The molecule has 1 heterocycles. The molecule has 0 aliphatic carbocycles. The number of aryl methyl sites for hydroxylation is 1. The smallest absolute Gasteiger partial charge is 0.339 e. The number of fused-ring (bicyclic) bond motifs is 4. The third-order valence-corrected chi connectivity index (χ3v) is 8.31. The molecule has 0 atom stereocenters. The van der Waals surface area contributed by atoms with Crippen LogP contribution in [0.1, 0.15) is 5.56 Å². The van der Waals surface area contributed by atoms with Crippen molar-refractivity contribution in [2.45, 2.75) is 16.7 Å². The first-order valence-electron chi connectivity index (χ1n) is 11.4. The maximum Gasteiger partial charge on any atom is 0.339 e. The molecule has 0 radical (unpaired) electrons. The maximum absolute atomic E-state index is 13.2. The van der Waals surface area contributed by atoms with Gasteiger partial charge >= 0.3 is 10.1 Å². The minimum atomic E-state index is -4.43. The molecule has 0 fully saturated rings. The summed E-state index contributed by atoms with van der Waals surface area (Å²) in [5.74, 6) is 0.0208. The second-order valence-corrected chi connectivity index (χ2v) is 11.7. The molecule has 0 saturated carbocycles. The van der Waals surface area contributed by atoms with Gasteiger partial charge in [-0.2, -0.15) is 16.8 Å². The molecule has 5 aromatic carbocycles. The molecule has 0 unspecified atom stereocenters. The quantitative estimate of drug-likeness (QED) is 0.235. The molecule has 11 heteroatoms. The molecule has 0 saturated heterocycles. The molecule has 6 aromatic rings. The van der Waals surface area contributed by atoms with Crippen LogP contribution in [0.3, 0.4) is 0 Å². The van der Waals surface area contributed by atoms with Crippen molar-refractivity contribution in [1.29, 1.82) is 0 Å². The molecule has 0 aliphatic heterocycles. The van der Waals surface area contributed by atoms with Gasteiger partial charge in [-0.05, 0) is 54.1 Å². The number of aromatic nitrogens is 3. The van der Waals surface area contributed by atoms with Crippen molar-refractivity contribution in [3.63, 3.8) is 0 Å². The molecule has 0 spiro atoms. The zero-order chi connectivity index (χ0) is 26.7. The van der Waals surface area contributed by atoms with Crippen LogP contribution in [0.4, 0.5) is 0 Å². The lowest BCUT2D eigenvalue weighted by molar-refractivity contribution is 0.481. The van der Waals surface area contributed by atoms with Gasteiger partial charge in [0.1, 0.15) is 21.6 Å². The zero-order valence-corrected chi connectivity index (χ0v) is 21.4. The van der Waals surface area contributed by atoms with E-state index in [1.807, 2.05) is 19.1 Å². The summed E-state index contributed by atoms with van der Waals surface area (Å²) in [5.41, 5.74) is 2.01. The van der Waals surface area contributed by atoms with E-state index < -0.39 is 20.2 Å². The van der Waals surface area contributed by atoms with Gasteiger partial charge in [0, 0.05) is 10.8 Å². The molecule has 9 nitrogen and oxygen atoms in total. The number of benzene rings is 5. The summed E-state index contributed by atoms with van der Waals surface area (Å²) in [6, 6.07) is 24.6. The van der Waals surface area contributed by atoms with Crippen LogP contribution < -0.4 is 4.18 Å². The Balaban J connectivity index is 1.58. The monoisotopic (exact) mass is 545 g/mol. The Kier molecular flexibility index (Phi) is 5.45. The van der Waals surface area contributed by atoms with E-state index in [0.29, 0.717) is 32.9 Å². The SMILES string of the molecule is Cc1ccc(S(=O)(=O)Oc2ccc3ccccc3c2-n2nc3ccc4ccc(S(=O)(=O)O)cc4c3n2)cc1. The number of hydrogen-bond donors (Lipinski definition) is 1. The first-order valence-corrected chi connectivity index (χ1v) is 14.3. The van der Waals surface area contributed by atoms with Crippen molar-refractivity contribution < 1.29 is 25.6 Å². The minimum absolute atomic E-state index is 0.00419. The van der Waals surface area contributed by atoms with Gasteiger partial charge in [0.05, 0.1) is 4.90 Å². The minimum Gasteiger partial charge on any atom is -0.377 e. The molecule has 38 heavy (non-hydrogen) atoms. The van der Waals surface area contributed by atoms with E-state index in [1.165, 1.54) is 29.1 Å².